The first-order valence-electron chi connectivity index (χ1n) is 9.01. The summed E-state index contributed by atoms with van der Waals surface area (Å²) in [5.74, 6) is -0.230. The van der Waals surface area contributed by atoms with E-state index in [0.29, 0.717) is 27.2 Å². The average molecular weight is 503 g/mol. The molecule has 4 N–H and O–H groups in total. The van der Waals surface area contributed by atoms with E-state index < -0.39 is 17.3 Å². The second-order valence-electron chi connectivity index (χ2n) is 6.37. The molecule has 0 bridgehead atoms. The molecule has 0 aliphatic carbocycles. The van der Waals surface area contributed by atoms with Crippen LogP contribution in [0.3, 0.4) is 0 Å². The molecule has 3 aromatic rings. The summed E-state index contributed by atoms with van der Waals surface area (Å²) in [4.78, 5) is 24.9. The van der Waals surface area contributed by atoms with Crippen molar-refractivity contribution < 1.29 is 18.4 Å². The predicted molar refractivity (Wildman–Crippen MR) is 126 cm³/mol. The summed E-state index contributed by atoms with van der Waals surface area (Å²) in [5, 5.41) is 2.64. The molecular formula is C21H19BrN4O4S. The smallest absolute Gasteiger partial charge is 0.323 e. The van der Waals surface area contributed by atoms with Crippen LogP contribution in [-0.4, -0.2) is 20.7 Å². The molecule has 10 heteroatoms. The molecule has 3 aromatic carbocycles. The van der Waals surface area contributed by atoms with E-state index in [1.807, 2.05) is 0 Å². The molecule has 0 fully saturated rings. The maximum absolute atomic E-state index is 12.4. The first kappa shape index (κ1) is 22.5. The molecule has 0 spiro atoms. The van der Waals surface area contributed by atoms with Gasteiger partial charge in [-0.3, -0.25) is 14.2 Å². The molecule has 0 saturated heterocycles. The van der Waals surface area contributed by atoms with Crippen LogP contribution >= 0.6 is 15.9 Å². The predicted octanol–water partition coefficient (Wildman–Crippen LogP) is 4.90. The third-order valence-electron chi connectivity index (χ3n) is 4.23. The van der Waals surface area contributed by atoms with Crippen molar-refractivity contribution in [2.75, 3.05) is 14.5 Å². The van der Waals surface area contributed by atoms with Gasteiger partial charge in [-0.15, -0.1) is 0 Å². The molecule has 8 nitrogen and oxygen atoms in total. The molecule has 1 atom stereocenters. The Morgan fingerprint density at radius 2 is 1.48 bits per heavy atom. The van der Waals surface area contributed by atoms with Crippen molar-refractivity contribution in [3.05, 3.63) is 77.3 Å². The number of carbonyl (C=O) groups is 2. The van der Waals surface area contributed by atoms with Gasteiger partial charge in [0, 0.05) is 17.1 Å². The number of para-hydroxylation sites is 3. The van der Waals surface area contributed by atoms with E-state index >= 15 is 0 Å². The highest BCUT2D eigenvalue weighted by Crippen LogP contribution is 2.40. The third-order valence-corrected chi connectivity index (χ3v) is 5.62. The fourth-order valence-electron chi connectivity index (χ4n) is 3.02. The number of primary amides is 1. The number of nitrogens with two attached hydrogens (primary N) is 1. The Kier molecular flexibility index (Phi) is 7.06. The summed E-state index contributed by atoms with van der Waals surface area (Å²) in [6.07, 6.45) is 0. The van der Waals surface area contributed by atoms with Crippen LogP contribution < -0.4 is 20.3 Å². The Labute approximate surface area is 190 Å². The number of carbonyl (C=O) groups excluding carboxylic acids is 2. The van der Waals surface area contributed by atoms with Crippen LogP contribution in [0, 0.1) is 0 Å². The maximum Gasteiger partial charge on any atom is 0.323 e. The Morgan fingerprint density at radius 3 is 2.00 bits per heavy atom. The van der Waals surface area contributed by atoms with Crippen molar-refractivity contribution in [3.8, 4) is 0 Å². The lowest BCUT2D eigenvalue weighted by Crippen LogP contribution is -2.33. The van der Waals surface area contributed by atoms with Crippen molar-refractivity contribution in [1.29, 1.82) is 0 Å². The lowest BCUT2D eigenvalue weighted by atomic mass is 10.2. The number of urea groups is 1. The summed E-state index contributed by atoms with van der Waals surface area (Å²) in [6.45, 7) is 1.39. The average Bonchev–Trinajstić information content (AvgIpc) is 2.71. The Hall–Kier alpha value is -3.21. The van der Waals surface area contributed by atoms with Crippen LogP contribution in [0.4, 0.5) is 33.2 Å². The topological polar surface area (TPSA) is 116 Å². The van der Waals surface area contributed by atoms with E-state index in [9.17, 15) is 18.4 Å². The van der Waals surface area contributed by atoms with Gasteiger partial charge < -0.3 is 11.1 Å². The first-order valence-corrected chi connectivity index (χ1v) is 10.9. The van der Waals surface area contributed by atoms with Crippen molar-refractivity contribution in [2.45, 2.75) is 6.92 Å². The van der Waals surface area contributed by atoms with Crippen LogP contribution in [0.25, 0.3) is 0 Å². The summed E-state index contributed by atoms with van der Waals surface area (Å²) in [5.41, 5.74) is 7.68. The van der Waals surface area contributed by atoms with E-state index in [1.165, 1.54) is 11.8 Å². The molecule has 3 rings (SSSR count). The zero-order valence-corrected chi connectivity index (χ0v) is 18.8. The first-order chi connectivity index (χ1) is 14.8. The quantitative estimate of drug-likeness (QED) is 0.415. The van der Waals surface area contributed by atoms with Crippen LogP contribution in [0.5, 0.6) is 0 Å². The van der Waals surface area contributed by atoms with Crippen molar-refractivity contribution >= 4 is 67.6 Å². The highest BCUT2D eigenvalue weighted by atomic mass is 79.9. The van der Waals surface area contributed by atoms with Gasteiger partial charge in [0.05, 0.1) is 22.7 Å². The number of nitrogens with zero attached hydrogens (tertiary/aromatic N) is 2. The molecule has 160 valence electrons. The van der Waals surface area contributed by atoms with Gasteiger partial charge in [-0.2, -0.15) is 0 Å². The number of nitrogens with one attached hydrogen (secondary N) is 1. The van der Waals surface area contributed by atoms with E-state index in [1.54, 1.807) is 72.8 Å². The van der Waals surface area contributed by atoms with Crippen molar-refractivity contribution in [2.24, 2.45) is 5.73 Å². The van der Waals surface area contributed by atoms with Crippen molar-refractivity contribution in [1.82, 2.24) is 0 Å². The van der Waals surface area contributed by atoms with Crippen LogP contribution in [-0.2, 0) is 16.1 Å². The normalized spacial score (nSPS) is 11.5. The molecular weight excluding hydrogens is 484 g/mol. The second-order valence-corrected chi connectivity index (χ2v) is 8.05. The molecule has 0 aliphatic heterocycles. The van der Waals surface area contributed by atoms with Gasteiger partial charge in [0.1, 0.15) is 0 Å². The van der Waals surface area contributed by atoms with Gasteiger partial charge in [-0.25, -0.2) is 13.3 Å². The van der Waals surface area contributed by atoms with Crippen LogP contribution in [0.2, 0.25) is 0 Å². The zero-order valence-electron chi connectivity index (χ0n) is 16.4. The Bertz CT molecular complexity index is 1140. The molecule has 0 aliphatic rings. The number of amides is 3. The maximum atomic E-state index is 12.4. The third kappa shape index (κ3) is 5.10. The number of anilines is 5. The number of rotatable bonds is 6. The fourth-order valence-corrected chi connectivity index (χ4v) is 4.11. The van der Waals surface area contributed by atoms with E-state index in [-0.39, 0.29) is 11.6 Å². The largest absolute Gasteiger partial charge is 0.351 e. The summed E-state index contributed by atoms with van der Waals surface area (Å²) in [6, 6.07) is 19.3. The lowest BCUT2D eigenvalue weighted by molar-refractivity contribution is -0.114. The molecule has 1 unspecified atom stereocenters. The number of halogens is 1. The summed E-state index contributed by atoms with van der Waals surface area (Å²) >= 11 is 0.950. The molecule has 0 radical (unpaired) electrons. The minimum atomic E-state index is -2.47. The van der Waals surface area contributed by atoms with E-state index in [4.69, 9.17) is 5.73 Å². The zero-order chi connectivity index (χ0) is 22.5. The molecule has 0 saturated carbocycles. The summed E-state index contributed by atoms with van der Waals surface area (Å²) < 4.78 is 24.2. The minimum absolute atomic E-state index is 0.230. The fraction of sp³-hybridized carbons (Fsp3) is 0.0476. The highest BCUT2D eigenvalue weighted by molar-refractivity contribution is 9.10. The van der Waals surface area contributed by atoms with Crippen molar-refractivity contribution in [3.63, 3.8) is 0 Å². The second kappa shape index (κ2) is 9.73. The monoisotopic (exact) mass is 502 g/mol. The summed E-state index contributed by atoms with van der Waals surface area (Å²) in [7, 11) is 0. The number of hydrogen-bond acceptors (Lipinski definition) is 3. The minimum Gasteiger partial charge on any atom is -0.351 e. The number of benzene rings is 3. The standard InChI is InChI=1S/C21H19BrN4O4S/c1-14(27)24-15-10-12-16(13-11-15)26(31(29)30)20-9-5-4-8-19(20)25(21(23)28)18-7-3-2-6-17(18)22/h2-13H,1H3,(H2,23,28)(H,24,27)(H,29,30). The Balaban J connectivity index is 2.13. The Morgan fingerprint density at radius 1 is 0.935 bits per heavy atom. The van der Waals surface area contributed by atoms with E-state index in [0.717, 1.165) is 4.31 Å². The molecule has 0 heterocycles. The van der Waals surface area contributed by atoms with E-state index in [2.05, 4.69) is 21.2 Å². The lowest BCUT2D eigenvalue weighted by Gasteiger charge is -2.28. The van der Waals surface area contributed by atoms with Crippen LogP contribution in [0.15, 0.2) is 77.3 Å². The van der Waals surface area contributed by atoms with Gasteiger partial charge in [0.2, 0.25) is 5.91 Å². The molecule has 3 amide bonds. The number of hydrogen-bond donors (Lipinski definition) is 3. The van der Waals surface area contributed by atoms with Gasteiger partial charge in [-0.1, -0.05) is 24.3 Å². The molecule has 0 aromatic heterocycles. The molecule has 31 heavy (non-hydrogen) atoms. The SMILES string of the molecule is CC(=O)Nc1ccc(N(c2ccccc2N(C(N)=O)c2ccccc2Br)S(=O)O)cc1. The van der Waals surface area contributed by atoms with Gasteiger partial charge in [-0.05, 0) is 64.5 Å². The van der Waals surface area contributed by atoms with Gasteiger partial charge in [0.15, 0.2) is 0 Å². The highest BCUT2D eigenvalue weighted by Gasteiger charge is 2.25. The van der Waals surface area contributed by atoms with Gasteiger partial charge >= 0.3 is 6.03 Å². The van der Waals surface area contributed by atoms with Gasteiger partial charge in [0.25, 0.3) is 11.3 Å². The van der Waals surface area contributed by atoms with Crippen LogP contribution in [0.1, 0.15) is 6.92 Å².